The lowest BCUT2D eigenvalue weighted by molar-refractivity contribution is -0.751. The van der Waals surface area contributed by atoms with Gasteiger partial charge in [-0.25, -0.2) is 9.13 Å². The number of aliphatic hydroxyl groups is 2. The predicted molar refractivity (Wildman–Crippen MR) is 79.9 cm³/mol. The van der Waals surface area contributed by atoms with E-state index in [-0.39, 0.29) is 17.1 Å². The minimum Gasteiger partial charge on any atom is -0.387 e. The molecule has 0 radical (unpaired) electrons. The number of hydrogen-bond acceptors (Lipinski definition) is 8. The van der Waals surface area contributed by atoms with Gasteiger partial charge >= 0.3 is 13.5 Å². The van der Waals surface area contributed by atoms with Crippen molar-refractivity contribution in [3.05, 3.63) is 16.7 Å². The van der Waals surface area contributed by atoms with Crippen LogP contribution in [0.4, 0.5) is 5.95 Å². The topological polar surface area (TPSA) is 208 Å². The number of nitrogen functional groups attached to an aromatic ring is 1. The van der Waals surface area contributed by atoms with Crippen molar-refractivity contribution in [3.63, 3.8) is 0 Å². The van der Waals surface area contributed by atoms with Crippen molar-refractivity contribution in [1.82, 2.24) is 15.0 Å². The van der Waals surface area contributed by atoms with Crippen molar-refractivity contribution in [2.45, 2.75) is 31.0 Å². The first kappa shape index (κ1) is 17.9. The van der Waals surface area contributed by atoms with Gasteiger partial charge < -0.3 is 30.5 Å². The predicted octanol–water partition coefficient (Wildman–Crippen LogP) is -2.76. The molecule has 25 heavy (non-hydrogen) atoms. The smallest absolute Gasteiger partial charge is 0.387 e. The third-order valence-corrected chi connectivity index (χ3v) is 4.41. The maximum Gasteiger partial charge on any atom is 0.469 e. The summed E-state index contributed by atoms with van der Waals surface area (Å²) >= 11 is 0. The fourth-order valence-electron chi connectivity index (χ4n) is 2.72. The number of ether oxygens (including phenoxy) is 1. The van der Waals surface area contributed by atoms with E-state index >= 15 is 0 Å². The quantitative estimate of drug-likeness (QED) is 0.215. The summed E-state index contributed by atoms with van der Waals surface area (Å²) in [5.41, 5.74) is 3.23. The highest BCUT2D eigenvalue weighted by atomic mass is 31.2. The second-order valence-electron chi connectivity index (χ2n) is 5.81. The Labute approximate surface area is 139 Å². The van der Waals surface area contributed by atoms with E-state index < -0.39 is 44.0 Å². The Balaban J connectivity index is 1.97. The van der Waals surface area contributed by atoms with Crippen molar-refractivity contribution in [3.8, 4) is 0 Å². The fourth-order valence-corrected chi connectivity index (χ4v) is 3.06. The molecule has 3 heterocycles. The molecular formula is C11H17N5O8P+. The van der Waals surface area contributed by atoms with E-state index in [1.54, 1.807) is 0 Å². The Kier molecular flexibility index (Phi) is 4.20. The van der Waals surface area contributed by atoms with Gasteiger partial charge in [-0.2, -0.15) is 0 Å². The molecule has 2 aromatic heterocycles. The van der Waals surface area contributed by atoms with Crippen molar-refractivity contribution in [2.24, 2.45) is 0 Å². The van der Waals surface area contributed by atoms with Gasteiger partial charge in [-0.15, -0.1) is 0 Å². The molecule has 0 aromatic carbocycles. The molecule has 138 valence electrons. The number of fused-ring (bicyclic) bond motifs is 1. The molecule has 0 spiro atoms. The lowest BCUT2D eigenvalue weighted by Gasteiger charge is -2.24. The Bertz CT molecular complexity index is 903. The van der Waals surface area contributed by atoms with Gasteiger partial charge in [-0.1, -0.05) is 4.98 Å². The molecule has 2 aromatic rings. The minimum absolute atomic E-state index is 0.0651. The highest BCUT2D eigenvalue weighted by molar-refractivity contribution is 7.46. The maximum absolute atomic E-state index is 11.9. The van der Waals surface area contributed by atoms with E-state index in [0.717, 1.165) is 0 Å². The number of aromatic amines is 2. The van der Waals surface area contributed by atoms with Crippen LogP contribution in [0.2, 0.25) is 0 Å². The van der Waals surface area contributed by atoms with Crippen LogP contribution >= 0.6 is 7.82 Å². The summed E-state index contributed by atoms with van der Waals surface area (Å²) in [5.74, 6) is -0.162. The number of phosphoric acid groups is 1. The number of rotatable bonds is 4. The van der Waals surface area contributed by atoms with Crippen LogP contribution < -0.4 is 15.9 Å². The highest BCUT2D eigenvalue weighted by Gasteiger charge is 2.56. The molecule has 8 N–H and O–H groups in total. The van der Waals surface area contributed by atoms with Gasteiger partial charge in [-0.05, 0) is 6.92 Å². The zero-order valence-corrected chi connectivity index (χ0v) is 13.8. The fraction of sp³-hybridized carbons (Fsp3) is 0.545. The SMILES string of the molecule is CC1(O)[C@@H](O)[C@@H](COP(=O)(O)O)O[C@H]1[n+]1c[nH]c2c(=O)[nH]c(N)nc21. The molecule has 14 heteroatoms. The highest BCUT2D eigenvalue weighted by Crippen LogP contribution is 2.40. The number of nitrogens with two attached hydrogens (primary N) is 1. The van der Waals surface area contributed by atoms with Gasteiger partial charge in [-0.3, -0.25) is 19.3 Å². The molecular weight excluding hydrogens is 361 g/mol. The largest absolute Gasteiger partial charge is 0.469 e. The number of nitrogens with zero attached hydrogens (tertiary/aromatic N) is 2. The molecule has 13 nitrogen and oxygen atoms in total. The number of nitrogens with one attached hydrogen (secondary N) is 2. The molecule has 0 bridgehead atoms. The zero-order valence-electron chi connectivity index (χ0n) is 12.9. The Morgan fingerprint density at radius 2 is 2.24 bits per heavy atom. The number of aliphatic hydroxyl groups excluding tert-OH is 1. The lowest BCUT2D eigenvalue weighted by atomic mass is 9.96. The number of H-pyrrole nitrogens is 2. The summed E-state index contributed by atoms with van der Waals surface area (Å²) in [4.78, 5) is 38.3. The van der Waals surface area contributed by atoms with Crippen molar-refractivity contribution >= 4 is 24.9 Å². The molecule has 4 atom stereocenters. The first-order valence-corrected chi connectivity index (χ1v) is 8.57. The Morgan fingerprint density at radius 1 is 1.56 bits per heavy atom. The summed E-state index contributed by atoms with van der Waals surface area (Å²) in [5, 5.41) is 20.8. The standard InChI is InChI=1S/C11H16N5O8P/c1-11(19)6(17)4(2-23-25(20,21)22)24-9(11)16-3-13-5-7(16)14-10(12)15-8(5)18/h3-4,6,9,17,19H,2H2,1H3,(H5,12,14,15,18,20,21,22)/p+1/t4-,6+,9-,11?/m1/s1. The molecule has 1 aliphatic heterocycles. The van der Waals surface area contributed by atoms with Crippen LogP contribution in [-0.2, 0) is 13.8 Å². The molecule has 1 saturated heterocycles. The van der Waals surface area contributed by atoms with E-state index in [4.69, 9.17) is 20.3 Å². The minimum atomic E-state index is -4.78. The summed E-state index contributed by atoms with van der Waals surface area (Å²) in [6.45, 7) is 0.610. The molecule has 1 fully saturated rings. The first-order chi connectivity index (χ1) is 11.5. The van der Waals surface area contributed by atoms with Gasteiger partial charge in [0.2, 0.25) is 11.7 Å². The monoisotopic (exact) mass is 378 g/mol. The van der Waals surface area contributed by atoms with E-state index in [9.17, 15) is 19.6 Å². The number of aromatic nitrogens is 4. The van der Waals surface area contributed by atoms with Crippen LogP contribution in [0.15, 0.2) is 11.1 Å². The van der Waals surface area contributed by atoms with Crippen molar-refractivity contribution in [2.75, 3.05) is 12.3 Å². The van der Waals surface area contributed by atoms with Crippen molar-refractivity contribution in [1.29, 1.82) is 0 Å². The molecule has 3 rings (SSSR count). The lowest BCUT2D eigenvalue weighted by Crippen LogP contribution is -2.53. The van der Waals surface area contributed by atoms with E-state index in [0.29, 0.717) is 0 Å². The maximum atomic E-state index is 11.9. The van der Waals surface area contributed by atoms with Gasteiger partial charge in [0.15, 0.2) is 6.33 Å². The molecule has 1 aliphatic rings. The average molecular weight is 378 g/mol. The number of imidazole rings is 1. The first-order valence-electron chi connectivity index (χ1n) is 7.04. The van der Waals surface area contributed by atoms with Crippen molar-refractivity contribution < 1.29 is 38.4 Å². The van der Waals surface area contributed by atoms with Gasteiger partial charge in [0.05, 0.1) is 6.61 Å². The average Bonchev–Trinajstić information content (AvgIpc) is 2.97. The van der Waals surface area contributed by atoms with Crippen LogP contribution in [0.1, 0.15) is 13.2 Å². The summed E-state index contributed by atoms with van der Waals surface area (Å²) < 4.78 is 21.9. The third kappa shape index (κ3) is 3.18. The van der Waals surface area contributed by atoms with Crippen LogP contribution in [0.5, 0.6) is 0 Å². The summed E-state index contributed by atoms with van der Waals surface area (Å²) in [6, 6.07) is 0. The number of hydrogen-bond donors (Lipinski definition) is 7. The Hall–Kier alpha value is -1.86. The molecule has 1 unspecified atom stereocenters. The van der Waals surface area contributed by atoms with Gasteiger partial charge in [0, 0.05) is 0 Å². The second-order valence-corrected chi connectivity index (χ2v) is 7.05. The summed E-state index contributed by atoms with van der Waals surface area (Å²) in [6.07, 6.45) is -2.69. The molecule has 0 amide bonds. The normalized spacial score (nSPS) is 30.2. The van der Waals surface area contributed by atoms with Gasteiger partial charge in [0.25, 0.3) is 11.5 Å². The third-order valence-electron chi connectivity index (χ3n) is 3.93. The van der Waals surface area contributed by atoms with Crippen LogP contribution in [0, 0.1) is 0 Å². The molecule has 0 saturated carbocycles. The van der Waals surface area contributed by atoms with E-state index in [1.807, 2.05) is 0 Å². The Morgan fingerprint density at radius 3 is 2.88 bits per heavy atom. The van der Waals surface area contributed by atoms with E-state index in [1.165, 1.54) is 17.8 Å². The van der Waals surface area contributed by atoms with Crippen LogP contribution in [0.25, 0.3) is 11.2 Å². The summed E-state index contributed by atoms with van der Waals surface area (Å²) in [7, 11) is -4.78. The van der Waals surface area contributed by atoms with Crippen LogP contribution in [0.3, 0.4) is 0 Å². The molecule has 0 aliphatic carbocycles. The number of anilines is 1. The van der Waals surface area contributed by atoms with Crippen LogP contribution in [-0.4, -0.2) is 59.4 Å². The second kappa shape index (κ2) is 5.85. The zero-order chi connectivity index (χ0) is 18.6. The number of phosphoric ester groups is 1. The van der Waals surface area contributed by atoms with Gasteiger partial charge in [0.1, 0.15) is 17.8 Å². The van der Waals surface area contributed by atoms with E-state index in [2.05, 4.69) is 19.5 Å².